The van der Waals surface area contributed by atoms with E-state index >= 15 is 0 Å². The lowest BCUT2D eigenvalue weighted by atomic mass is 10.6. The van der Waals surface area contributed by atoms with Gasteiger partial charge < -0.3 is 21.3 Å². The van der Waals surface area contributed by atoms with E-state index in [9.17, 15) is 4.79 Å². The number of amides is 2. The fraction of sp³-hybridized carbons (Fsp3) is 0.250. The summed E-state index contributed by atoms with van der Waals surface area (Å²) in [5.74, 6) is -0.830. The molecule has 9 heavy (non-hydrogen) atoms. The van der Waals surface area contributed by atoms with Gasteiger partial charge in [0, 0.05) is 12.6 Å². The standard InChI is InChI=1S/C4H8N2O3/c5-4(9)6-2-1-3(7)8/h1,7-8H,2H2,(H3,5,6,9). The molecular weight excluding hydrogens is 124 g/mol. The van der Waals surface area contributed by atoms with Crippen LogP contribution in [0.15, 0.2) is 12.0 Å². The highest BCUT2D eigenvalue weighted by atomic mass is 16.5. The van der Waals surface area contributed by atoms with Crippen LogP contribution in [0.4, 0.5) is 4.79 Å². The summed E-state index contributed by atoms with van der Waals surface area (Å²) >= 11 is 0. The summed E-state index contributed by atoms with van der Waals surface area (Å²) in [4.78, 5) is 9.90. The van der Waals surface area contributed by atoms with Crippen LogP contribution in [0.3, 0.4) is 0 Å². The zero-order valence-corrected chi connectivity index (χ0v) is 4.66. The Kier molecular flexibility index (Phi) is 3.04. The van der Waals surface area contributed by atoms with Gasteiger partial charge in [0.15, 0.2) is 0 Å². The smallest absolute Gasteiger partial charge is 0.312 e. The number of urea groups is 1. The Morgan fingerprint density at radius 3 is 2.56 bits per heavy atom. The first-order valence-corrected chi connectivity index (χ1v) is 2.24. The molecule has 0 unspecified atom stereocenters. The number of nitrogens with one attached hydrogen (secondary N) is 1. The van der Waals surface area contributed by atoms with E-state index in [-0.39, 0.29) is 6.54 Å². The number of hydrogen-bond donors (Lipinski definition) is 4. The van der Waals surface area contributed by atoms with Crippen molar-refractivity contribution >= 4 is 6.03 Å². The number of nitrogens with two attached hydrogens (primary N) is 1. The second-order valence-corrected chi connectivity index (χ2v) is 1.31. The number of hydrogen-bond acceptors (Lipinski definition) is 3. The van der Waals surface area contributed by atoms with Gasteiger partial charge in [-0.1, -0.05) is 0 Å². The van der Waals surface area contributed by atoms with Gasteiger partial charge in [0.1, 0.15) is 0 Å². The van der Waals surface area contributed by atoms with Crippen LogP contribution in [0.5, 0.6) is 0 Å². The molecule has 0 fully saturated rings. The maximum Gasteiger partial charge on any atom is 0.312 e. The topological polar surface area (TPSA) is 95.6 Å². The minimum Gasteiger partial charge on any atom is -0.481 e. The average Bonchev–Trinajstić information content (AvgIpc) is 1.63. The van der Waals surface area contributed by atoms with Crippen molar-refractivity contribution in [2.75, 3.05) is 6.54 Å². The summed E-state index contributed by atoms with van der Waals surface area (Å²) in [7, 11) is 0. The summed E-state index contributed by atoms with van der Waals surface area (Å²) in [6, 6.07) is -0.701. The van der Waals surface area contributed by atoms with Gasteiger partial charge in [0.05, 0.1) is 0 Å². The zero-order chi connectivity index (χ0) is 7.28. The number of primary amides is 1. The van der Waals surface area contributed by atoms with Crippen LogP contribution >= 0.6 is 0 Å². The predicted octanol–water partition coefficient (Wildman–Crippen LogP) is -0.388. The minimum absolute atomic E-state index is 0.0255. The fourth-order valence-electron chi connectivity index (χ4n) is 0.243. The van der Waals surface area contributed by atoms with Crippen molar-refractivity contribution in [2.45, 2.75) is 0 Å². The first kappa shape index (κ1) is 7.61. The molecule has 0 atom stereocenters. The molecule has 0 saturated heterocycles. The third kappa shape index (κ3) is 6.61. The molecule has 0 aliphatic heterocycles. The van der Waals surface area contributed by atoms with Gasteiger partial charge in [-0.15, -0.1) is 0 Å². The van der Waals surface area contributed by atoms with Crippen LogP contribution in [0, 0.1) is 0 Å². The Morgan fingerprint density at radius 1 is 1.67 bits per heavy atom. The molecular formula is C4H8N2O3. The SMILES string of the molecule is NC(=O)NCC=C(O)O. The van der Waals surface area contributed by atoms with Gasteiger partial charge in [-0.25, -0.2) is 4.79 Å². The number of carbonyl (C=O) groups excluding carboxylic acids is 1. The first-order chi connectivity index (χ1) is 4.13. The number of carbonyl (C=O) groups is 1. The molecule has 52 valence electrons. The Morgan fingerprint density at radius 2 is 2.22 bits per heavy atom. The molecule has 5 N–H and O–H groups in total. The second kappa shape index (κ2) is 3.59. The lowest BCUT2D eigenvalue weighted by Crippen LogP contribution is -2.29. The molecule has 0 aromatic rings. The molecule has 0 aliphatic rings. The summed E-state index contributed by atoms with van der Waals surface area (Å²) in [6.45, 7) is 0.0255. The third-order valence-electron chi connectivity index (χ3n) is 0.561. The van der Waals surface area contributed by atoms with E-state index in [1.165, 1.54) is 0 Å². The Balaban J connectivity index is 3.31. The highest BCUT2D eigenvalue weighted by molar-refractivity contribution is 5.71. The maximum atomic E-state index is 9.90. The lowest BCUT2D eigenvalue weighted by molar-refractivity contribution is 0.189. The van der Waals surface area contributed by atoms with E-state index in [1.807, 2.05) is 0 Å². The summed E-state index contributed by atoms with van der Waals surface area (Å²) < 4.78 is 0. The van der Waals surface area contributed by atoms with Crippen LogP contribution in [-0.2, 0) is 0 Å². The number of rotatable bonds is 2. The largest absolute Gasteiger partial charge is 0.481 e. The quantitative estimate of drug-likeness (QED) is 0.385. The van der Waals surface area contributed by atoms with Crippen molar-refractivity contribution < 1.29 is 15.0 Å². The summed E-state index contributed by atoms with van der Waals surface area (Å²) in [5.41, 5.74) is 4.64. The molecule has 2 amide bonds. The van der Waals surface area contributed by atoms with Crippen LogP contribution in [0.2, 0.25) is 0 Å². The van der Waals surface area contributed by atoms with Crippen molar-refractivity contribution in [3.05, 3.63) is 12.0 Å². The third-order valence-corrected chi connectivity index (χ3v) is 0.561. The van der Waals surface area contributed by atoms with Gasteiger partial charge >= 0.3 is 6.03 Å². The molecule has 5 nitrogen and oxygen atoms in total. The molecule has 0 bridgehead atoms. The van der Waals surface area contributed by atoms with Crippen molar-refractivity contribution in [1.29, 1.82) is 0 Å². The van der Waals surface area contributed by atoms with E-state index < -0.39 is 12.0 Å². The second-order valence-electron chi connectivity index (χ2n) is 1.31. The van der Waals surface area contributed by atoms with Crippen molar-refractivity contribution in [2.24, 2.45) is 5.73 Å². The zero-order valence-electron chi connectivity index (χ0n) is 4.66. The summed E-state index contributed by atoms with van der Waals surface area (Å²) in [5, 5.41) is 18.3. The van der Waals surface area contributed by atoms with Crippen LogP contribution in [0.25, 0.3) is 0 Å². The molecule has 5 heteroatoms. The van der Waals surface area contributed by atoms with E-state index in [0.717, 1.165) is 6.08 Å². The Labute approximate surface area is 51.8 Å². The molecule has 0 aromatic carbocycles. The van der Waals surface area contributed by atoms with E-state index in [1.54, 1.807) is 0 Å². The Hall–Kier alpha value is -1.39. The highest BCUT2D eigenvalue weighted by Gasteiger charge is 1.87. The van der Waals surface area contributed by atoms with Gasteiger partial charge in [0.25, 0.3) is 5.95 Å². The first-order valence-electron chi connectivity index (χ1n) is 2.24. The molecule has 0 heterocycles. The summed E-state index contributed by atoms with van der Waals surface area (Å²) in [6.07, 6.45) is 1.00. The minimum atomic E-state index is -0.830. The number of aliphatic hydroxyl groups is 2. The highest BCUT2D eigenvalue weighted by Crippen LogP contribution is 1.74. The Bertz CT molecular complexity index is 128. The van der Waals surface area contributed by atoms with Crippen LogP contribution in [-0.4, -0.2) is 22.8 Å². The van der Waals surface area contributed by atoms with Crippen LogP contribution < -0.4 is 11.1 Å². The molecule has 0 aromatic heterocycles. The normalized spacial score (nSPS) is 8.00. The van der Waals surface area contributed by atoms with E-state index in [2.05, 4.69) is 11.1 Å². The van der Waals surface area contributed by atoms with E-state index in [0.29, 0.717) is 0 Å². The van der Waals surface area contributed by atoms with Gasteiger partial charge in [-0.05, 0) is 0 Å². The average molecular weight is 132 g/mol. The molecule has 0 aliphatic carbocycles. The van der Waals surface area contributed by atoms with Gasteiger partial charge in [-0.3, -0.25) is 0 Å². The lowest BCUT2D eigenvalue weighted by Gasteiger charge is -1.92. The number of aliphatic hydroxyl groups excluding tert-OH is 1. The maximum absolute atomic E-state index is 9.90. The van der Waals surface area contributed by atoms with Gasteiger partial charge in [-0.2, -0.15) is 0 Å². The van der Waals surface area contributed by atoms with Crippen molar-refractivity contribution in [3.8, 4) is 0 Å². The van der Waals surface area contributed by atoms with Crippen LogP contribution in [0.1, 0.15) is 0 Å². The van der Waals surface area contributed by atoms with Gasteiger partial charge in [0.2, 0.25) is 0 Å². The molecule has 0 rings (SSSR count). The monoisotopic (exact) mass is 132 g/mol. The molecule has 0 spiro atoms. The fourth-order valence-corrected chi connectivity index (χ4v) is 0.243. The molecule has 0 radical (unpaired) electrons. The predicted molar refractivity (Wildman–Crippen MR) is 30.9 cm³/mol. The van der Waals surface area contributed by atoms with Crippen molar-refractivity contribution in [1.82, 2.24) is 5.32 Å². The van der Waals surface area contributed by atoms with Crippen molar-refractivity contribution in [3.63, 3.8) is 0 Å². The van der Waals surface area contributed by atoms with E-state index in [4.69, 9.17) is 10.2 Å². The molecule has 0 saturated carbocycles.